The van der Waals surface area contributed by atoms with Gasteiger partial charge in [-0.25, -0.2) is 0 Å². The highest BCUT2D eigenvalue weighted by Crippen LogP contribution is 2.22. The van der Waals surface area contributed by atoms with Gasteiger partial charge in [-0.15, -0.1) is 0 Å². The summed E-state index contributed by atoms with van der Waals surface area (Å²) in [6, 6.07) is 13.7. The van der Waals surface area contributed by atoms with E-state index in [4.69, 9.17) is 27.9 Å². The summed E-state index contributed by atoms with van der Waals surface area (Å²) < 4.78 is 5.40. The molecule has 1 unspecified atom stereocenters. The number of benzene rings is 2. The number of nitrogens with one attached hydrogen (secondary N) is 3. The molecule has 0 radical (unpaired) electrons. The number of morpholine rings is 1. The lowest BCUT2D eigenvalue weighted by Crippen LogP contribution is -3.12. The quantitative estimate of drug-likeness (QED) is 0.623. The van der Waals surface area contributed by atoms with E-state index in [0.717, 1.165) is 49.0 Å². The van der Waals surface area contributed by atoms with Crippen molar-refractivity contribution in [3.8, 4) is 0 Å². The second-order valence-electron chi connectivity index (χ2n) is 7.34. The molecule has 1 saturated heterocycles. The second-order valence-corrected chi connectivity index (χ2v) is 8.16. The van der Waals surface area contributed by atoms with E-state index in [1.165, 1.54) is 10.5 Å². The summed E-state index contributed by atoms with van der Waals surface area (Å²) in [7, 11) is 1.98. The molecule has 0 aromatic heterocycles. The van der Waals surface area contributed by atoms with E-state index in [1.54, 1.807) is 6.07 Å². The third-order valence-electron chi connectivity index (χ3n) is 4.84. The molecule has 0 spiro atoms. The van der Waals surface area contributed by atoms with Crippen LogP contribution in [0.2, 0.25) is 10.0 Å². The number of carbonyl (C=O) groups is 1. The molecule has 2 aromatic rings. The van der Waals surface area contributed by atoms with Crippen LogP contribution in [0.5, 0.6) is 0 Å². The largest absolute Gasteiger partial charge is 0.370 e. The van der Waals surface area contributed by atoms with Crippen molar-refractivity contribution < 1.29 is 19.3 Å². The number of anilines is 1. The molecule has 150 valence electrons. The number of halogens is 2. The standard InChI is InChI=1S/C21H25Cl2N3O2/c1-25(13-17-4-7-19(22)20(23)12-17)15-21(27)24-18-5-2-16(3-6-18)14-26-8-10-28-11-9-26/h2-7,12H,8-11,13-15H2,1H3,(H,24,27)/p+2. The van der Waals surface area contributed by atoms with Crippen LogP contribution in [0, 0.1) is 0 Å². The maximum Gasteiger partial charge on any atom is 0.279 e. The van der Waals surface area contributed by atoms with Gasteiger partial charge >= 0.3 is 0 Å². The summed E-state index contributed by atoms with van der Waals surface area (Å²) in [6.45, 7) is 5.83. The zero-order chi connectivity index (χ0) is 19.9. The van der Waals surface area contributed by atoms with Crippen molar-refractivity contribution in [1.82, 2.24) is 0 Å². The summed E-state index contributed by atoms with van der Waals surface area (Å²) in [6.07, 6.45) is 0. The molecule has 1 heterocycles. The third-order valence-corrected chi connectivity index (χ3v) is 5.58. The molecule has 1 fully saturated rings. The average Bonchev–Trinajstić information content (AvgIpc) is 2.67. The first-order chi connectivity index (χ1) is 13.5. The third kappa shape index (κ3) is 6.47. The Hall–Kier alpha value is -1.63. The number of ether oxygens (including phenoxy) is 1. The van der Waals surface area contributed by atoms with Gasteiger partial charge in [-0.3, -0.25) is 4.79 Å². The van der Waals surface area contributed by atoms with Crippen molar-refractivity contribution >= 4 is 34.8 Å². The number of quaternary nitrogens is 2. The Morgan fingerprint density at radius 3 is 2.43 bits per heavy atom. The molecule has 0 bridgehead atoms. The Bertz CT molecular complexity index is 793. The molecular formula is C21H27Cl2N3O2+2. The highest BCUT2D eigenvalue weighted by atomic mass is 35.5. The number of hydrogen-bond donors (Lipinski definition) is 3. The molecule has 7 heteroatoms. The highest BCUT2D eigenvalue weighted by Gasteiger charge is 2.15. The lowest BCUT2D eigenvalue weighted by Gasteiger charge is -2.23. The van der Waals surface area contributed by atoms with Gasteiger partial charge in [0.1, 0.15) is 26.2 Å². The van der Waals surface area contributed by atoms with E-state index in [2.05, 4.69) is 17.4 Å². The topological polar surface area (TPSA) is 47.2 Å². The van der Waals surface area contributed by atoms with Crippen molar-refractivity contribution in [2.75, 3.05) is 45.2 Å². The fraction of sp³-hybridized carbons (Fsp3) is 0.381. The molecule has 2 aromatic carbocycles. The minimum Gasteiger partial charge on any atom is -0.370 e. The van der Waals surface area contributed by atoms with Gasteiger partial charge < -0.3 is 19.9 Å². The summed E-state index contributed by atoms with van der Waals surface area (Å²) in [5, 5.41) is 4.05. The number of hydrogen-bond acceptors (Lipinski definition) is 2. The molecule has 1 amide bonds. The van der Waals surface area contributed by atoms with E-state index in [9.17, 15) is 4.79 Å². The zero-order valence-corrected chi connectivity index (χ0v) is 17.6. The van der Waals surface area contributed by atoms with Crippen molar-refractivity contribution in [2.24, 2.45) is 0 Å². The minimum absolute atomic E-state index is 0.0101. The molecule has 0 saturated carbocycles. The van der Waals surface area contributed by atoms with Crippen LogP contribution in [0.3, 0.4) is 0 Å². The molecular weight excluding hydrogens is 397 g/mol. The van der Waals surface area contributed by atoms with Crippen LogP contribution in [-0.2, 0) is 22.6 Å². The molecule has 3 rings (SSSR count). The summed E-state index contributed by atoms with van der Waals surface area (Å²) in [4.78, 5) is 14.9. The first-order valence-electron chi connectivity index (χ1n) is 9.55. The summed E-state index contributed by atoms with van der Waals surface area (Å²) in [5.74, 6) is -0.0101. The van der Waals surface area contributed by atoms with Crippen molar-refractivity contribution in [3.05, 3.63) is 63.6 Å². The van der Waals surface area contributed by atoms with Crippen LogP contribution in [0.25, 0.3) is 0 Å². The van der Waals surface area contributed by atoms with Gasteiger partial charge in [-0.2, -0.15) is 0 Å². The van der Waals surface area contributed by atoms with Crippen LogP contribution >= 0.6 is 23.2 Å². The van der Waals surface area contributed by atoms with Crippen LogP contribution in [-0.4, -0.2) is 45.8 Å². The predicted octanol–water partition coefficient (Wildman–Crippen LogP) is 1.06. The molecule has 5 nitrogen and oxygen atoms in total. The maximum absolute atomic E-state index is 12.3. The van der Waals surface area contributed by atoms with Crippen molar-refractivity contribution in [2.45, 2.75) is 13.1 Å². The normalized spacial score (nSPS) is 16.0. The fourth-order valence-corrected chi connectivity index (χ4v) is 3.69. The molecule has 1 atom stereocenters. The van der Waals surface area contributed by atoms with Crippen LogP contribution in [0.1, 0.15) is 11.1 Å². The van der Waals surface area contributed by atoms with Gasteiger partial charge in [0.05, 0.1) is 30.3 Å². The first kappa shape index (κ1) is 21.1. The Morgan fingerprint density at radius 1 is 1.07 bits per heavy atom. The number of amides is 1. The molecule has 3 N–H and O–H groups in total. The fourth-order valence-electron chi connectivity index (χ4n) is 3.37. The van der Waals surface area contributed by atoms with Gasteiger partial charge in [0.25, 0.3) is 5.91 Å². The van der Waals surface area contributed by atoms with E-state index in [1.807, 2.05) is 31.3 Å². The van der Waals surface area contributed by atoms with Gasteiger partial charge in [0, 0.05) is 16.8 Å². The molecule has 1 aliphatic rings. The smallest absolute Gasteiger partial charge is 0.279 e. The minimum atomic E-state index is -0.0101. The van der Waals surface area contributed by atoms with Crippen LogP contribution in [0.4, 0.5) is 5.69 Å². The number of likely N-dealkylation sites (N-methyl/N-ethyl adjacent to an activating group) is 1. The van der Waals surface area contributed by atoms with Gasteiger partial charge in [-0.05, 0) is 24.3 Å². The number of rotatable bonds is 7. The number of carbonyl (C=O) groups excluding carboxylic acids is 1. The van der Waals surface area contributed by atoms with E-state index in [-0.39, 0.29) is 5.91 Å². The van der Waals surface area contributed by atoms with Crippen LogP contribution < -0.4 is 15.1 Å². The predicted molar refractivity (Wildman–Crippen MR) is 112 cm³/mol. The van der Waals surface area contributed by atoms with E-state index in [0.29, 0.717) is 23.1 Å². The Labute approximate surface area is 176 Å². The maximum atomic E-state index is 12.3. The SMILES string of the molecule is C[NH+](CC(=O)Nc1ccc(C[NH+]2CCOCC2)cc1)Cc1ccc(Cl)c(Cl)c1. The van der Waals surface area contributed by atoms with E-state index < -0.39 is 0 Å². The highest BCUT2D eigenvalue weighted by molar-refractivity contribution is 6.42. The van der Waals surface area contributed by atoms with Crippen LogP contribution in [0.15, 0.2) is 42.5 Å². The molecule has 0 aliphatic carbocycles. The second kappa shape index (κ2) is 10.2. The first-order valence-corrected chi connectivity index (χ1v) is 10.3. The van der Waals surface area contributed by atoms with Crippen molar-refractivity contribution in [3.63, 3.8) is 0 Å². The Kier molecular flexibility index (Phi) is 7.71. The summed E-state index contributed by atoms with van der Waals surface area (Å²) >= 11 is 12.0. The Morgan fingerprint density at radius 2 is 1.75 bits per heavy atom. The van der Waals surface area contributed by atoms with E-state index >= 15 is 0 Å². The zero-order valence-electron chi connectivity index (χ0n) is 16.1. The van der Waals surface area contributed by atoms with Gasteiger partial charge in [0.15, 0.2) is 6.54 Å². The monoisotopic (exact) mass is 423 g/mol. The Balaban J connectivity index is 1.46. The average molecular weight is 424 g/mol. The van der Waals surface area contributed by atoms with Crippen molar-refractivity contribution in [1.29, 1.82) is 0 Å². The lowest BCUT2D eigenvalue weighted by molar-refractivity contribution is -0.921. The molecule has 28 heavy (non-hydrogen) atoms. The van der Waals surface area contributed by atoms with Gasteiger partial charge in [-0.1, -0.05) is 41.4 Å². The molecule has 1 aliphatic heterocycles. The van der Waals surface area contributed by atoms with Gasteiger partial charge in [0.2, 0.25) is 0 Å². The summed E-state index contributed by atoms with van der Waals surface area (Å²) in [5.41, 5.74) is 3.15. The lowest BCUT2D eigenvalue weighted by atomic mass is 10.2.